The molecule has 1 rings (SSSR count). The molecule has 1 amide bonds. The molecule has 0 aromatic heterocycles. The maximum absolute atomic E-state index is 11.4. The van der Waals surface area contributed by atoms with Crippen molar-refractivity contribution >= 4 is 29.5 Å². The summed E-state index contributed by atoms with van der Waals surface area (Å²) in [6.45, 7) is 5.81. The van der Waals surface area contributed by atoms with Crippen molar-refractivity contribution in [3.63, 3.8) is 0 Å². The predicted molar refractivity (Wildman–Crippen MR) is 79.1 cm³/mol. The zero-order chi connectivity index (χ0) is 14.5. The van der Waals surface area contributed by atoms with Crippen LogP contribution in [0.4, 0.5) is 10.5 Å². The average Bonchev–Trinajstić information content (AvgIpc) is 2.26. The van der Waals surface area contributed by atoms with Gasteiger partial charge in [-0.25, -0.2) is 4.79 Å². The number of halogens is 1. The minimum atomic E-state index is -0.495. The minimum absolute atomic E-state index is 0.362. The molecule has 0 radical (unpaired) electrons. The number of nitrogens with one attached hydrogen (secondary N) is 1. The van der Waals surface area contributed by atoms with Crippen molar-refractivity contribution in [1.29, 1.82) is 0 Å². The number of alkyl carbamates (subject to hydrolysis) is 1. The highest BCUT2D eigenvalue weighted by Gasteiger charge is 2.14. The van der Waals surface area contributed by atoms with Crippen LogP contribution in [-0.4, -0.2) is 18.2 Å². The predicted octanol–water partition coefficient (Wildman–Crippen LogP) is 3.46. The fourth-order valence-corrected chi connectivity index (χ4v) is 1.51. The molecule has 0 aliphatic carbocycles. The lowest BCUT2D eigenvalue weighted by Gasteiger charge is -2.19. The molecule has 0 fully saturated rings. The van der Waals surface area contributed by atoms with Crippen molar-refractivity contribution < 1.29 is 9.53 Å². The Morgan fingerprint density at radius 2 is 2.16 bits per heavy atom. The van der Waals surface area contributed by atoms with E-state index in [0.29, 0.717) is 17.3 Å². The maximum Gasteiger partial charge on any atom is 0.407 e. The molecule has 1 aromatic rings. The molecule has 1 aromatic carbocycles. The van der Waals surface area contributed by atoms with Crippen LogP contribution in [0.5, 0.6) is 0 Å². The molecular formula is C14H19ClN2O2. The summed E-state index contributed by atoms with van der Waals surface area (Å²) in [6, 6.07) is 5.23. The van der Waals surface area contributed by atoms with Gasteiger partial charge in [-0.05, 0) is 44.5 Å². The summed E-state index contributed by atoms with van der Waals surface area (Å²) in [4.78, 5) is 11.4. The number of amides is 1. The molecule has 0 aliphatic rings. The molecule has 5 heteroatoms. The SMILES string of the molecule is CC(C)(C)OC(=O)NCC=Cc1cc(Cl)ccc1N. The van der Waals surface area contributed by atoms with Gasteiger partial charge in [-0.1, -0.05) is 23.8 Å². The number of hydrogen-bond donors (Lipinski definition) is 2. The molecule has 0 bridgehead atoms. The highest BCUT2D eigenvalue weighted by Crippen LogP contribution is 2.18. The number of ether oxygens (including phenoxy) is 1. The quantitative estimate of drug-likeness (QED) is 0.835. The van der Waals surface area contributed by atoms with E-state index in [-0.39, 0.29) is 0 Å². The smallest absolute Gasteiger partial charge is 0.407 e. The molecule has 0 saturated carbocycles. The largest absolute Gasteiger partial charge is 0.444 e. The lowest BCUT2D eigenvalue weighted by Crippen LogP contribution is -2.32. The Morgan fingerprint density at radius 3 is 2.79 bits per heavy atom. The van der Waals surface area contributed by atoms with Gasteiger partial charge in [-0.15, -0.1) is 0 Å². The maximum atomic E-state index is 11.4. The summed E-state index contributed by atoms with van der Waals surface area (Å²) in [5, 5.41) is 3.24. The van der Waals surface area contributed by atoms with Gasteiger partial charge >= 0.3 is 6.09 Å². The average molecular weight is 283 g/mol. The molecule has 19 heavy (non-hydrogen) atoms. The first kappa shape index (κ1) is 15.4. The second-order valence-corrected chi connectivity index (χ2v) is 5.49. The molecule has 0 spiro atoms. The van der Waals surface area contributed by atoms with Gasteiger partial charge in [-0.2, -0.15) is 0 Å². The Bertz CT molecular complexity index is 479. The van der Waals surface area contributed by atoms with E-state index in [9.17, 15) is 4.79 Å². The Morgan fingerprint density at radius 1 is 1.47 bits per heavy atom. The summed E-state index contributed by atoms with van der Waals surface area (Å²) < 4.78 is 5.10. The van der Waals surface area contributed by atoms with Crippen LogP contribution in [0.3, 0.4) is 0 Å². The third-order valence-corrected chi connectivity index (χ3v) is 2.34. The molecular weight excluding hydrogens is 264 g/mol. The number of nitrogen functional groups attached to an aromatic ring is 1. The summed E-state index contributed by atoms with van der Waals surface area (Å²) >= 11 is 5.87. The van der Waals surface area contributed by atoms with Crippen molar-refractivity contribution in [2.75, 3.05) is 12.3 Å². The Labute approximate surface area is 118 Å². The van der Waals surface area contributed by atoms with Crippen molar-refractivity contribution in [2.24, 2.45) is 0 Å². The van der Waals surface area contributed by atoms with Crippen molar-refractivity contribution in [1.82, 2.24) is 5.32 Å². The molecule has 0 aliphatic heterocycles. The first-order valence-corrected chi connectivity index (χ1v) is 6.34. The third-order valence-electron chi connectivity index (χ3n) is 2.11. The number of nitrogens with two attached hydrogens (primary N) is 1. The van der Waals surface area contributed by atoms with E-state index in [1.165, 1.54) is 0 Å². The number of carbonyl (C=O) groups is 1. The highest BCUT2D eigenvalue weighted by atomic mass is 35.5. The fraction of sp³-hybridized carbons (Fsp3) is 0.357. The van der Waals surface area contributed by atoms with Crippen LogP contribution in [-0.2, 0) is 4.74 Å². The molecule has 0 unspecified atom stereocenters. The minimum Gasteiger partial charge on any atom is -0.444 e. The van der Waals surface area contributed by atoms with Crippen LogP contribution in [0.1, 0.15) is 26.3 Å². The van der Waals surface area contributed by atoms with E-state index in [0.717, 1.165) is 5.56 Å². The number of rotatable bonds is 3. The number of anilines is 1. The first-order chi connectivity index (χ1) is 8.78. The molecule has 3 N–H and O–H groups in total. The van der Waals surface area contributed by atoms with Gasteiger partial charge < -0.3 is 15.8 Å². The standard InChI is InChI=1S/C14H19ClN2O2/c1-14(2,3)19-13(18)17-8-4-5-10-9-11(15)6-7-12(10)16/h4-7,9H,8,16H2,1-3H3,(H,17,18). The Kier molecular flexibility index (Phi) is 5.24. The van der Waals surface area contributed by atoms with Crippen LogP contribution in [0.15, 0.2) is 24.3 Å². The number of hydrogen-bond acceptors (Lipinski definition) is 3. The first-order valence-electron chi connectivity index (χ1n) is 5.96. The van der Waals surface area contributed by atoms with Gasteiger partial charge in [0.15, 0.2) is 0 Å². The van der Waals surface area contributed by atoms with Gasteiger partial charge in [0.2, 0.25) is 0 Å². The van der Waals surface area contributed by atoms with Gasteiger partial charge in [0.05, 0.1) is 0 Å². The molecule has 0 heterocycles. The lowest BCUT2D eigenvalue weighted by molar-refractivity contribution is 0.0534. The van der Waals surface area contributed by atoms with Gasteiger partial charge in [0.25, 0.3) is 0 Å². The second kappa shape index (κ2) is 6.48. The number of carbonyl (C=O) groups excluding carboxylic acids is 1. The zero-order valence-corrected chi connectivity index (χ0v) is 12.1. The fourth-order valence-electron chi connectivity index (χ4n) is 1.33. The zero-order valence-electron chi connectivity index (χ0n) is 11.4. The molecule has 0 saturated heterocycles. The second-order valence-electron chi connectivity index (χ2n) is 5.06. The lowest BCUT2D eigenvalue weighted by atomic mass is 10.1. The van der Waals surface area contributed by atoms with E-state index in [1.54, 1.807) is 30.4 Å². The number of benzene rings is 1. The van der Waals surface area contributed by atoms with Crippen LogP contribution in [0.25, 0.3) is 6.08 Å². The molecule has 0 atom stereocenters. The Hall–Kier alpha value is -1.68. The van der Waals surface area contributed by atoms with E-state index in [2.05, 4.69) is 5.32 Å². The van der Waals surface area contributed by atoms with Crippen LogP contribution < -0.4 is 11.1 Å². The summed E-state index contributed by atoms with van der Waals surface area (Å²) in [6.07, 6.45) is 3.14. The summed E-state index contributed by atoms with van der Waals surface area (Å²) in [5.74, 6) is 0. The van der Waals surface area contributed by atoms with Gasteiger partial charge in [0.1, 0.15) is 5.60 Å². The van der Waals surface area contributed by atoms with Crippen molar-refractivity contribution in [2.45, 2.75) is 26.4 Å². The monoisotopic (exact) mass is 282 g/mol. The van der Waals surface area contributed by atoms with Crippen LogP contribution in [0.2, 0.25) is 5.02 Å². The van der Waals surface area contributed by atoms with E-state index in [1.807, 2.05) is 20.8 Å². The third kappa shape index (κ3) is 6.15. The van der Waals surface area contributed by atoms with Crippen LogP contribution in [0, 0.1) is 0 Å². The Balaban J connectivity index is 2.47. The van der Waals surface area contributed by atoms with Gasteiger partial charge in [-0.3, -0.25) is 0 Å². The molecule has 4 nitrogen and oxygen atoms in total. The van der Waals surface area contributed by atoms with Crippen molar-refractivity contribution in [3.8, 4) is 0 Å². The van der Waals surface area contributed by atoms with E-state index in [4.69, 9.17) is 22.1 Å². The van der Waals surface area contributed by atoms with Crippen molar-refractivity contribution in [3.05, 3.63) is 34.9 Å². The topological polar surface area (TPSA) is 64.3 Å². The highest BCUT2D eigenvalue weighted by molar-refractivity contribution is 6.30. The van der Waals surface area contributed by atoms with E-state index >= 15 is 0 Å². The van der Waals surface area contributed by atoms with E-state index < -0.39 is 11.7 Å². The molecule has 104 valence electrons. The van der Waals surface area contributed by atoms with Gasteiger partial charge in [0, 0.05) is 17.3 Å². The normalized spacial score (nSPS) is 11.6. The van der Waals surface area contributed by atoms with Crippen LogP contribution >= 0.6 is 11.6 Å². The summed E-state index contributed by atoms with van der Waals surface area (Å²) in [5.41, 5.74) is 6.75. The summed E-state index contributed by atoms with van der Waals surface area (Å²) in [7, 11) is 0.